The second-order valence-corrected chi connectivity index (χ2v) is 6.67. The van der Waals surface area contributed by atoms with Crippen LogP contribution in [-0.2, 0) is 4.79 Å². The summed E-state index contributed by atoms with van der Waals surface area (Å²) in [7, 11) is 0. The monoisotopic (exact) mass is 337 g/mol. The quantitative estimate of drug-likeness (QED) is 0.885. The number of nitrogens with one attached hydrogen (secondary N) is 2. The molecule has 0 radical (unpaired) electrons. The van der Waals surface area contributed by atoms with Gasteiger partial charge in [0, 0.05) is 16.7 Å². The van der Waals surface area contributed by atoms with Crippen molar-refractivity contribution >= 4 is 27.5 Å². The summed E-state index contributed by atoms with van der Waals surface area (Å²) < 4.78 is 1.02. The van der Waals surface area contributed by atoms with Crippen molar-refractivity contribution in [3.63, 3.8) is 0 Å². The number of piperidine rings is 1. The molecule has 0 saturated carbocycles. The highest BCUT2D eigenvalue weighted by atomic mass is 79.9. The average molecular weight is 338 g/mol. The summed E-state index contributed by atoms with van der Waals surface area (Å²) in [5.41, 5.74) is 0.857. The largest absolute Gasteiger partial charge is 0.325 e. The fourth-order valence-corrected chi connectivity index (χ4v) is 3.45. The Balaban J connectivity index is 1.50. The number of hydrogen-bond acceptors (Lipinski definition) is 3. The molecule has 108 valence electrons. The number of rotatable bonds is 3. The van der Waals surface area contributed by atoms with E-state index in [9.17, 15) is 4.79 Å². The van der Waals surface area contributed by atoms with E-state index in [2.05, 4.69) is 31.5 Å². The van der Waals surface area contributed by atoms with Gasteiger partial charge in [0.05, 0.1) is 6.54 Å². The SMILES string of the molecule is O=C(CN1CCC2CNCC2C1)Nc1ccc(Br)cc1. The molecule has 2 saturated heterocycles. The second-order valence-electron chi connectivity index (χ2n) is 5.76. The summed E-state index contributed by atoms with van der Waals surface area (Å²) in [5.74, 6) is 1.63. The van der Waals surface area contributed by atoms with Crippen molar-refractivity contribution < 1.29 is 4.79 Å². The van der Waals surface area contributed by atoms with Gasteiger partial charge in [-0.3, -0.25) is 9.69 Å². The molecule has 1 aromatic carbocycles. The molecule has 2 aliphatic heterocycles. The molecule has 5 heteroatoms. The maximum Gasteiger partial charge on any atom is 0.238 e. The number of carbonyl (C=O) groups excluding carboxylic acids is 1. The zero-order valence-corrected chi connectivity index (χ0v) is 13.0. The van der Waals surface area contributed by atoms with Gasteiger partial charge in [-0.1, -0.05) is 15.9 Å². The van der Waals surface area contributed by atoms with Gasteiger partial charge in [-0.05, 0) is 62.2 Å². The fourth-order valence-electron chi connectivity index (χ4n) is 3.19. The van der Waals surface area contributed by atoms with Crippen LogP contribution in [0.25, 0.3) is 0 Å². The summed E-state index contributed by atoms with van der Waals surface area (Å²) in [6, 6.07) is 7.70. The van der Waals surface area contributed by atoms with Gasteiger partial charge < -0.3 is 10.6 Å². The topological polar surface area (TPSA) is 44.4 Å². The number of fused-ring (bicyclic) bond motifs is 1. The Morgan fingerprint density at radius 1 is 1.30 bits per heavy atom. The lowest BCUT2D eigenvalue weighted by Gasteiger charge is -2.33. The third-order valence-electron chi connectivity index (χ3n) is 4.28. The first-order valence-corrected chi connectivity index (χ1v) is 7.98. The first kappa shape index (κ1) is 14.0. The number of amides is 1. The van der Waals surface area contributed by atoms with Gasteiger partial charge in [-0.15, -0.1) is 0 Å². The van der Waals surface area contributed by atoms with Crippen LogP contribution in [0, 0.1) is 11.8 Å². The Hall–Kier alpha value is -0.910. The molecule has 2 heterocycles. The van der Waals surface area contributed by atoms with Crippen molar-refractivity contribution in [2.24, 2.45) is 11.8 Å². The average Bonchev–Trinajstić information content (AvgIpc) is 2.89. The van der Waals surface area contributed by atoms with Crippen molar-refractivity contribution in [3.05, 3.63) is 28.7 Å². The molecule has 1 aromatic rings. The van der Waals surface area contributed by atoms with E-state index in [1.165, 1.54) is 6.42 Å². The standard InChI is InChI=1S/C15H20BrN3O/c16-13-1-3-14(4-2-13)18-15(20)10-19-6-5-11-7-17-8-12(11)9-19/h1-4,11-12,17H,5-10H2,(H,18,20). The van der Waals surface area contributed by atoms with E-state index < -0.39 is 0 Å². The third-order valence-corrected chi connectivity index (χ3v) is 4.81. The number of nitrogens with zero attached hydrogens (tertiary/aromatic N) is 1. The molecule has 3 rings (SSSR count). The number of halogens is 1. The molecule has 2 unspecified atom stereocenters. The number of anilines is 1. The van der Waals surface area contributed by atoms with Crippen LogP contribution in [0.5, 0.6) is 0 Å². The number of carbonyl (C=O) groups is 1. The van der Waals surface area contributed by atoms with Crippen molar-refractivity contribution in [3.8, 4) is 0 Å². The molecule has 0 aliphatic carbocycles. The van der Waals surface area contributed by atoms with Gasteiger partial charge in [0.2, 0.25) is 5.91 Å². The number of likely N-dealkylation sites (tertiary alicyclic amines) is 1. The summed E-state index contributed by atoms with van der Waals surface area (Å²) in [6.45, 7) is 4.85. The predicted octanol–water partition coefficient (Wildman–Crippen LogP) is 1.93. The minimum absolute atomic E-state index is 0.0803. The lowest BCUT2D eigenvalue weighted by molar-refractivity contribution is -0.117. The molecule has 1 amide bonds. The van der Waals surface area contributed by atoms with E-state index in [1.54, 1.807) is 0 Å². The van der Waals surface area contributed by atoms with Crippen molar-refractivity contribution in [1.82, 2.24) is 10.2 Å². The van der Waals surface area contributed by atoms with Gasteiger partial charge >= 0.3 is 0 Å². The Morgan fingerprint density at radius 3 is 2.85 bits per heavy atom. The van der Waals surface area contributed by atoms with Gasteiger partial charge in [-0.2, -0.15) is 0 Å². The Labute approximate surface area is 128 Å². The van der Waals surface area contributed by atoms with Crippen LogP contribution in [-0.4, -0.2) is 43.5 Å². The van der Waals surface area contributed by atoms with E-state index in [0.717, 1.165) is 48.2 Å². The molecule has 4 nitrogen and oxygen atoms in total. The summed E-state index contributed by atoms with van der Waals surface area (Å²) in [4.78, 5) is 14.4. The van der Waals surface area contributed by atoms with Gasteiger partial charge in [-0.25, -0.2) is 0 Å². The number of hydrogen-bond donors (Lipinski definition) is 2. The molecule has 2 fully saturated rings. The van der Waals surface area contributed by atoms with E-state index in [0.29, 0.717) is 6.54 Å². The highest BCUT2D eigenvalue weighted by Crippen LogP contribution is 2.26. The molecule has 2 N–H and O–H groups in total. The Bertz CT molecular complexity index is 477. The molecule has 2 aliphatic rings. The van der Waals surface area contributed by atoms with Crippen molar-refractivity contribution in [2.75, 3.05) is 38.0 Å². The molecule has 0 bridgehead atoms. The van der Waals surface area contributed by atoms with Crippen LogP contribution in [0.3, 0.4) is 0 Å². The predicted molar refractivity (Wildman–Crippen MR) is 83.7 cm³/mol. The highest BCUT2D eigenvalue weighted by molar-refractivity contribution is 9.10. The molecular formula is C15H20BrN3O. The smallest absolute Gasteiger partial charge is 0.238 e. The summed E-state index contributed by atoms with van der Waals surface area (Å²) in [5, 5.41) is 6.41. The van der Waals surface area contributed by atoms with Crippen LogP contribution < -0.4 is 10.6 Å². The van der Waals surface area contributed by atoms with Crippen molar-refractivity contribution in [1.29, 1.82) is 0 Å². The van der Waals surface area contributed by atoms with Crippen molar-refractivity contribution in [2.45, 2.75) is 6.42 Å². The van der Waals surface area contributed by atoms with Gasteiger partial charge in [0.25, 0.3) is 0 Å². The van der Waals surface area contributed by atoms with Gasteiger partial charge in [0.15, 0.2) is 0 Å². The minimum Gasteiger partial charge on any atom is -0.325 e. The Morgan fingerprint density at radius 2 is 2.05 bits per heavy atom. The molecule has 2 atom stereocenters. The van der Waals surface area contributed by atoms with Crippen LogP contribution in [0.15, 0.2) is 28.7 Å². The normalized spacial score (nSPS) is 26.2. The number of benzene rings is 1. The van der Waals surface area contributed by atoms with Gasteiger partial charge in [0.1, 0.15) is 0 Å². The van der Waals surface area contributed by atoms with Crippen LogP contribution in [0.2, 0.25) is 0 Å². The summed E-state index contributed by atoms with van der Waals surface area (Å²) in [6.07, 6.45) is 1.21. The van der Waals surface area contributed by atoms with Crippen LogP contribution >= 0.6 is 15.9 Å². The lowest BCUT2D eigenvalue weighted by atomic mass is 9.89. The fraction of sp³-hybridized carbons (Fsp3) is 0.533. The highest BCUT2D eigenvalue weighted by Gasteiger charge is 2.33. The first-order valence-electron chi connectivity index (χ1n) is 7.19. The Kier molecular flexibility index (Phi) is 4.38. The zero-order chi connectivity index (χ0) is 13.9. The van der Waals surface area contributed by atoms with Crippen LogP contribution in [0.1, 0.15) is 6.42 Å². The van der Waals surface area contributed by atoms with Crippen LogP contribution in [0.4, 0.5) is 5.69 Å². The molecule has 20 heavy (non-hydrogen) atoms. The summed E-state index contributed by atoms with van der Waals surface area (Å²) >= 11 is 3.39. The van der Waals surface area contributed by atoms with E-state index in [1.807, 2.05) is 24.3 Å². The van der Waals surface area contributed by atoms with E-state index in [-0.39, 0.29) is 5.91 Å². The zero-order valence-electron chi connectivity index (χ0n) is 11.4. The lowest BCUT2D eigenvalue weighted by Crippen LogP contribution is -2.43. The third kappa shape index (κ3) is 3.40. The maximum absolute atomic E-state index is 12.1. The van der Waals surface area contributed by atoms with E-state index in [4.69, 9.17) is 0 Å². The second kappa shape index (κ2) is 6.24. The maximum atomic E-state index is 12.1. The first-order chi connectivity index (χ1) is 9.70. The molecule has 0 spiro atoms. The molecule has 0 aromatic heterocycles. The molecular weight excluding hydrogens is 318 g/mol. The minimum atomic E-state index is 0.0803. The van der Waals surface area contributed by atoms with E-state index >= 15 is 0 Å².